The van der Waals surface area contributed by atoms with E-state index in [1.54, 1.807) is 6.20 Å². The minimum Gasteiger partial charge on any atom is -0.395 e. The van der Waals surface area contributed by atoms with E-state index < -0.39 is 0 Å². The molecule has 0 radical (unpaired) electrons. The maximum atomic E-state index is 12.6. The van der Waals surface area contributed by atoms with Crippen molar-refractivity contribution in [3.63, 3.8) is 0 Å². The van der Waals surface area contributed by atoms with E-state index in [9.17, 15) is 9.59 Å². The average Bonchev–Trinajstić information content (AvgIpc) is 3.11. The van der Waals surface area contributed by atoms with Crippen molar-refractivity contribution in [1.82, 2.24) is 15.2 Å². The second-order valence-electron chi connectivity index (χ2n) is 5.78. The van der Waals surface area contributed by atoms with Crippen LogP contribution in [0.5, 0.6) is 0 Å². The number of nitrogens with zero attached hydrogens (tertiary/aromatic N) is 3. The Hall–Kier alpha value is -1.67. The summed E-state index contributed by atoms with van der Waals surface area (Å²) in [6, 6.07) is 0. The van der Waals surface area contributed by atoms with E-state index in [0.717, 1.165) is 37.6 Å². The van der Waals surface area contributed by atoms with Gasteiger partial charge in [-0.3, -0.25) is 9.59 Å². The monoisotopic (exact) mass is 354 g/mol. The summed E-state index contributed by atoms with van der Waals surface area (Å²) < 4.78 is 0. The number of hydrogen-bond donors (Lipinski definition) is 2. The third kappa shape index (κ3) is 4.45. The molecule has 0 aliphatic carbocycles. The molecule has 0 aromatic carbocycles. The predicted octanol–water partition coefficient (Wildman–Crippen LogP) is 0.950. The Kier molecular flexibility index (Phi) is 6.99. The molecule has 0 saturated carbocycles. The van der Waals surface area contributed by atoms with Gasteiger partial charge in [-0.05, 0) is 26.7 Å². The Morgan fingerprint density at radius 1 is 1.46 bits per heavy atom. The highest BCUT2D eigenvalue weighted by Crippen LogP contribution is 2.28. The van der Waals surface area contributed by atoms with Crippen LogP contribution >= 0.6 is 11.3 Å². The summed E-state index contributed by atoms with van der Waals surface area (Å²) in [7, 11) is 0. The number of piperidine rings is 1. The van der Waals surface area contributed by atoms with E-state index in [1.807, 2.05) is 18.7 Å². The first kappa shape index (κ1) is 18.7. The van der Waals surface area contributed by atoms with Gasteiger partial charge < -0.3 is 20.2 Å². The van der Waals surface area contributed by atoms with Gasteiger partial charge in [-0.25, -0.2) is 4.98 Å². The zero-order valence-corrected chi connectivity index (χ0v) is 15.1. The second-order valence-corrected chi connectivity index (χ2v) is 6.79. The molecule has 0 bridgehead atoms. The molecule has 24 heavy (non-hydrogen) atoms. The molecule has 7 nitrogen and oxygen atoms in total. The van der Waals surface area contributed by atoms with Crippen LogP contribution in [-0.4, -0.2) is 66.1 Å². The molecule has 0 spiro atoms. The van der Waals surface area contributed by atoms with Gasteiger partial charge in [0.05, 0.1) is 18.7 Å². The summed E-state index contributed by atoms with van der Waals surface area (Å²) in [4.78, 5) is 33.3. The maximum Gasteiger partial charge on any atom is 0.263 e. The summed E-state index contributed by atoms with van der Waals surface area (Å²) in [5, 5.41) is 12.2. The zero-order valence-electron chi connectivity index (χ0n) is 14.3. The van der Waals surface area contributed by atoms with E-state index >= 15 is 0 Å². The number of aromatic nitrogens is 1. The number of aliphatic hydroxyl groups excluding tert-OH is 1. The molecule has 2 amide bonds. The Bertz CT molecular complexity index is 559. The van der Waals surface area contributed by atoms with Crippen LogP contribution in [0.4, 0.5) is 5.13 Å². The van der Waals surface area contributed by atoms with E-state index in [0.29, 0.717) is 11.4 Å². The van der Waals surface area contributed by atoms with Crippen LogP contribution in [-0.2, 0) is 4.79 Å². The highest BCUT2D eigenvalue weighted by Gasteiger charge is 2.29. The molecule has 2 rings (SSSR count). The lowest BCUT2D eigenvalue weighted by atomic mass is 9.97. The molecule has 1 saturated heterocycles. The van der Waals surface area contributed by atoms with Gasteiger partial charge in [0.1, 0.15) is 4.88 Å². The summed E-state index contributed by atoms with van der Waals surface area (Å²) in [6.07, 6.45) is 3.41. The van der Waals surface area contributed by atoms with Crippen molar-refractivity contribution >= 4 is 28.3 Å². The van der Waals surface area contributed by atoms with Gasteiger partial charge in [0.2, 0.25) is 5.91 Å². The molecule has 1 aliphatic rings. The fraction of sp³-hybridized carbons (Fsp3) is 0.688. The van der Waals surface area contributed by atoms with Gasteiger partial charge in [-0.2, -0.15) is 0 Å². The van der Waals surface area contributed by atoms with Crippen molar-refractivity contribution in [2.45, 2.75) is 26.7 Å². The molecule has 1 fully saturated rings. The largest absolute Gasteiger partial charge is 0.395 e. The normalized spacial score (nSPS) is 17.6. The van der Waals surface area contributed by atoms with Gasteiger partial charge in [-0.1, -0.05) is 11.3 Å². The van der Waals surface area contributed by atoms with Crippen molar-refractivity contribution in [1.29, 1.82) is 0 Å². The number of carbonyl (C=O) groups is 2. The van der Waals surface area contributed by atoms with Crippen LogP contribution in [0.2, 0.25) is 0 Å². The summed E-state index contributed by atoms with van der Waals surface area (Å²) in [6.45, 7) is 7.12. The second kappa shape index (κ2) is 8.98. The van der Waals surface area contributed by atoms with Crippen molar-refractivity contribution in [3.8, 4) is 0 Å². The minimum atomic E-state index is -0.222. The SMILES string of the molecule is CCN(CC)C(=O)C1CCCN(c2ncc(C(=O)NCCO)s2)C1. The van der Waals surface area contributed by atoms with E-state index in [2.05, 4.69) is 15.2 Å². The van der Waals surface area contributed by atoms with Crippen LogP contribution in [0.3, 0.4) is 0 Å². The number of amides is 2. The first-order chi connectivity index (χ1) is 11.6. The van der Waals surface area contributed by atoms with Gasteiger partial charge >= 0.3 is 0 Å². The zero-order chi connectivity index (χ0) is 17.5. The van der Waals surface area contributed by atoms with Crippen molar-refractivity contribution in [3.05, 3.63) is 11.1 Å². The predicted molar refractivity (Wildman–Crippen MR) is 94.4 cm³/mol. The number of rotatable bonds is 7. The van der Waals surface area contributed by atoms with E-state index in [4.69, 9.17) is 5.11 Å². The fourth-order valence-corrected chi connectivity index (χ4v) is 3.79. The average molecular weight is 354 g/mol. The fourth-order valence-electron chi connectivity index (χ4n) is 2.92. The Morgan fingerprint density at radius 3 is 2.88 bits per heavy atom. The van der Waals surface area contributed by atoms with Crippen LogP contribution in [0.1, 0.15) is 36.4 Å². The van der Waals surface area contributed by atoms with Gasteiger partial charge in [-0.15, -0.1) is 0 Å². The highest BCUT2D eigenvalue weighted by molar-refractivity contribution is 7.17. The molecule has 2 heterocycles. The molecule has 1 aliphatic heterocycles. The smallest absolute Gasteiger partial charge is 0.263 e. The third-order valence-electron chi connectivity index (χ3n) is 4.23. The Balaban J connectivity index is 2.01. The number of aliphatic hydroxyl groups is 1. The third-order valence-corrected chi connectivity index (χ3v) is 5.29. The van der Waals surface area contributed by atoms with Crippen LogP contribution in [0.25, 0.3) is 0 Å². The Labute approximate surface area is 146 Å². The van der Waals surface area contributed by atoms with Crippen LogP contribution in [0, 0.1) is 5.92 Å². The maximum absolute atomic E-state index is 12.6. The summed E-state index contributed by atoms with van der Waals surface area (Å²) in [5.41, 5.74) is 0. The highest BCUT2D eigenvalue weighted by atomic mass is 32.1. The number of anilines is 1. The molecule has 1 aromatic rings. The van der Waals surface area contributed by atoms with Gasteiger partial charge in [0.25, 0.3) is 5.91 Å². The van der Waals surface area contributed by atoms with Crippen molar-refractivity contribution in [2.75, 3.05) is 44.2 Å². The lowest BCUT2D eigenvalue weighted by Gasteiger charge is -2.34. The first-order valence-electron chi connectivity index (χ1n) is 8.49. The molecule has 1 aromatic heterocycles. The number of thiazole rings is 1. The summed E-state index contributed by atoms with van der Waals surface area (Å²) >= 11 is 1.33. The van der Waals surface area contributed by atoms with Crippen LogP contribution in [0.15, 0.2) is 6.20 Å². The number of carbonyl (C=O) groups excluding carboxylic acids is 2. The molecular formula is C16H26N4O3S. The molecule has 8 heteroatoms. The van der Waals surface area contributed by atoms with Crippen molar-refractivity contribution < 1.29 is 14.7 Å². The number of nitrogens with one attached hydrogen (secondary N) is 1. The Morgan fingerprint density at radius 2 is 2.21 bits per heavy atom. The molecule has 1 atom stereocenters. The summed E-state index contributed by atoms with van der Waals surface area (Å²) in [5.74, 6) is -0.0167. The van der Waals surface area contributed by atoms with Gasteiger partial charge in [0, 0.05) is 32.7 Å². The lowest BCUT2D eigenvalue weighted by molar-refractivity contribution is -0.135. The van der Waals surface area contributed by atoms with E-state index in [-0.39, 0.29) is 30.9 Å². The molecule has 2 N–H and O–H groups in total. The minimum absolute atomic E-state index is 0.00536. The topological polar surface area (TPSA) is 85.8 Å². The lowest BCUT2D eigenvalue weighted by Crippen LogP contribution is -2.44. The quantitative estimate of drug-likeness (QED) is 0.761. The molecular weight excluding hydrogens is 328 g/mol. The van der Waals surface area contributed by atoms with Gasteiger partial charge in [0.15, 0.2) is 5.13 Å². The molecule has 1 unspecified atom stereocenters. The van der Waals surface area contributed by atoms with Crippen molar-refractivity contribution in [2.24, 2.45) is 5.92 Å². The number of hydrogen-bond acceptors (Lipinski definition) is 6. The first-order valence-corrected chi connectivity index (χ1v) is 9.30. The standard InChI is InChI=1S/C16H26N4O3S/c1-3-19(4-2)15(23)12-6-5-8-20(11-12)16-18-10-13(24-16)14(22)17-7-9-21/h10,12,21H,3-9,11H2,1-2H3,(H,17,22). The molecule has 134 valence electrons. The van der Waals surface area contributed by atoms with Crippen LogP contribution < -0.4 is 10.2 Å². The van der Waals surface area contributed by atoms with E-state index in [1.165, 1.54) is 11.3 Å².